The first kappa shape index (κ1) is 24.9. The van der Waals surface area contributed by atoms with E-state index in [9.17, 15) is 14.0 Å². The van der Waals surface area contributed by atoms with Crippen molar-refractivity contribution in [2.24, 2.45) is 0 Å². The molecule has 2 aromatic rings. The van der Waals surface area contributed by atoms with Crippen LogP contribution in [0.15, 0.2) is 40.9 Å². The normalized spacial score (nSPS) is 12.7. The first-order valence-corrected chi connectivity index (χ1v) is 11.2. The van der Waals surface area contributed by atoms with Gasteiger partial charge < -0.3 is 15.0 Å². The number of nitrogens with zero attached hydrogens (tertiary/aromatic N) is 1. The van der Waals surface area contributed by atoms with Crippen LogP contribution in [0, 0.1) is 19.7 Å². The van der Waals surface area contributed by atoms with Crippen LogP contribution in [0.2, 0.25) is 0 Å². The molecule has 0 aliphatic rings. The van der Waals surface area contributed by atoms with E-state index in [1.807, 2.05) is 39.8 Å². The summed E-state index contributed by atoms with van der Waals surface area (Å²) in [5.41, 5.74) is 2.33. The highest BCUT2D eigenvalue weighted by Gasteiger charge is 2.28. The van der Waals surface area contributed by atoms with Crippen LogP contribution >= 0.6 is 15.9 Å². The molecule has 0 fully saturated rings. The monoisotopic (exact) mass is 492 g/mol. The van der Waals surface area contributed by atoms with Gasteiger partial charge in [-0.15, -0.1) is 0 Å². The Labute approximate surface area is 192 Å². The van der Waals surface area contributed by atoms with Crippen molar-refractivity contribution in [3.8, 4) is 5.75 Å². The fourth-order valence-electron chi connectivity index (χ4n) is 3.08. The maximum absolute atomic E-state index is 14.2. The number of carbonyl (C=O) groups excluding carboxylic acids is 2. The minimum Gasteiger partial charge on any atom is -0.484 e. The maximum Gasteiger partial charge on any atom is 0.261 e. The van der Waals surface area contributed by atoms with Gasteiger partial charge in [-0.3, -0.25) is 9.59 Å². The molecule has 0 heterocycles. The zero-order chi connectivity index (χ0) is 23.1. The fourth-order valence-corrected chi connectivity index (χ4v) is 3.30. The number of hydrogen-bond donors (Lipinski definition) is 1. The van der Waals surface area contributed by atoms with Crippen LogP contribution in [-0.2, 0) is 16.1 Å². The Bertz CT molecular complexity index is 912. The van der Waals surface area contributed by atoms with E-state index in [2.05, 4.69) is 21.2 Å². The van der Waals surface area contributed by atoms with E-state index in [1.54, 1.807) is 25.1 Å². The maximum atomic E-state index is 14.2. The van der Waals surface area contributed by atoms with Crippen molar-refractivity contribution < 1.29 is 18.7 Å². The average molecular weight is 493 g/mol. The number of benzene rings is 2. The van der Waals surface area contributed by atoms with E-state index in [1.165, 1.54) is 11.0 Å². The molecule has 2 atom stereocenters. The predicted molar refractivity (Wildman–Crippen MR) is 123 cm³/mol. The molecule has 0 saturated heterocycles. The van der Waals surface area contributed by atoms with Crippen molar-refractivity contribution in [1.82, 2.24) is 10.2 Å². The summed E-state index contributed by atoms with van der Waals surface area (Å²) in [6, 6.07) is 9.11. The molecule has 0 aliphatic carbocycles. The lowest BCUT2D eigenvalue weighted by molar-refractivity contribution is -0.142. The van der Waals surface area contributed by atoms with E-state index in [0.29, 0.717) is 11.3 Å². The van der Waals surface area contributed by atoms with Crippen LogP contribution in [0.25, 0.3) is 0 Å². The van der Waals surface area contributed by atoms with Gasteiger partial charge in [0, 0.05) is 22.6 Å². The molecule has 2 rings (SSSR count). The summed E-state index contributed by atoms with van der Waals surface area (Å²) < 4.78 is 21.0. The molecule has 168 valence electrons. The second-order valence-electron chi connectivity index (χ2n) is 7.77. The number of nitrogens with one attached hydrogen (secondary N) is 1. The molecule has 31 heavy (non-hydrogen) atoms. The molecule has 7 heteroatoms. The average Bonchev–Trinajstić information content (AvgIpc) is 2.74. The molecule has 2 amide bonds. The third-order valence-corrected chi connectivity index (χ3v) is 6.49. The Morgan fingerprint density at radius 2 is 1.77 bits per heavy atom. The number of amides is 2. The largest absolute Gasteiger partial charge is 0.484 e. The highest BCUT2D eigenvalue weighted by Crippen LogP contribution is 2.26. The SMILES string of the molecule is CCC(C)NC(=O)C(C)N(Cc1ccccc1F)C(=O)COc1cc(C)c(Br)c(C)c1. The highest BCUT2D eigenvalue weighted by atomic mass is 79.9. The van der Waals surface area contributed by atoms with Gasteiger partial charge >= 0.3 is 0 Å². The second-order valence-corrected chi connectivity index (χ2v) is 8.56. The van der Waals surface area contributed by atoms with Crippen LogP contribution in [0.4, 0.5) is 4.39 Å². The topological polar surface area (TPSA) is 58.6 Å². The lowest BCUT2D eigenvalue weighted by Gasteiger charge is -2.29. The smallest absolute Gasteiger partial charge is 0.261 e. The molecule has 0 aliphatic heterocycles. The Hall–Kier alpha value is -2.41. The molecular formula is C24H30BrFN2O3. The molecule has 0 saturated carbocycles. The van der Waals surface area contributed by atoms with E-state index in [4.69, 9.17) is 4.74 Å². The predicted octanol–water partition coefficient (Wildman–Crippen LogP) is 4.92. The Kier molecular flexibility index (Phi) is 9.04. The van der Waals surface area contributed by atoms with E-state index in [-0.39, 0.29) is 25.1 Å². The summed E-state index contributed by atoms with van der Waals surface area (Å²) in [6.07, 6.45) is 0.769. The minimum atomic E-state index is -0.780. The van der Waals surface area contributed by atoms with Crippen LogP contribution in [0.3, 0.4) is 0 Å². The third kappa shape index (κ3) is 6.79. The van der Waals surface area contributed by atoms with E-state index in [0.717, 1.165) is 22.0 Å². The summed E-state index contributed by atoms with van der Waals surface area (Å²) in [7, 11) is 0. The zero-order valence-corrected chi connectivity index (χ0v) is 20.3. The highest BCUT2D eigenvalue weighted by molar-refractivity contribution is 9.10. The van der Waals surface area contributed by atoms with Crippen LogP contribution < -0.4 is 10.1 Å². The summed E-state index contributed by atoms with van der Waals surface area (Å²) in [4.78, 5) is 27.1. The number of ether oxygens (including phenoxy) is 1. The van der Waals surface area contributed by atoms with Crippen molar-refractivity contribution in [2.75, 3.05) is 6.61 Å². The molecule has 0 bridgehead atoms. The van der Waals surface area contributed by atoms with Crippen LogP contribution in [-0.4, -0.2) is 35.4 Å². The van der Waals surface area contributed by atoms with Gasteiger partial charge in [0.05, 0.1) is 0 Å². The molecule has 2 aromatic carbocycles. The summed E-state index contributed by atoms with van der Waals surface area (Å²) in [5.74, 6) is -0.535. The van der Waals surface area contributed by atoms with Gasteiger partial charge in [-0.1, -0.05) is 41.1 Å². The van der Waals surface area contributed by atoms with Crippen molar-refractivity contribution >= 4 is 27.7 Å². The Balaban J connectivity index is 2.21. The Morgan fingerprint density at radius 3 is 2.35 bits per heavy atom. The van der Waals surface area contributed by atoms with Crippen LogP contribution in [0.5, 0.6) is 5.75 Å². The summed E-state index contributed by atoms with van der Waals surface area (Å²) >= 11 is 3.51. The number of aryl methyl sites for hydroxylation is 2. The molecule has 0 radical (unpaired) electrons. The van der Waals surface area contributed by atoms with Gasteiger partial charge in [0.25, 0.3) is 5.91 Å². The van der Waals surface area contributed by atoms with Gasteiger partial charge in [-0.2, -0.15) is 0 Å². The fraction of sp³-hybridized carbons (Fsp3) is 0.417. The lowest BCUT2D eigenvalue weighted by atomic mass is 10.1. The van der Waals surface area contributed by atoms with Gasteiger partial charge in [0.2, 0.25) is 5.91 Å². The summed E-state index contributed by atoms with van der Waals surface area (Å²) in [5, 5.41) is 2.89. The van der Waals surface area contributed by atoms with Crippen molar-refractivity contribution in [3.05, 3.63) is 63.4 Å². The molecule has 0 spiro atoms. The second kappa shape index (κ2) is 11.3. The molecular weight excluding hydrogens is 463 g/mol. The van der Waals surface area contributed by atoms with E-state index < -0.39 is 17.8 Å². The van der Waals surface area contributed by atoms with Crippen molar-refractivity contribution in [1.29, 1.82) is 0 Å². The molecule has 2 unspecified atom stereocenters. The number of halogens is 2. The number of hydrogen-bond acceptors (Lipinski definition) is 3. The van der Waals surface area contributed by atoms with E-state index >= 15 is 0 Å². The third-order valence-electron chi connectivity index (χ3n) is 5.24. The molecule has 1 N–H and O–H groups in total. The molecule has 5 nitrogen and oxygen atoms in total. The first-order valence-electron chi connectivity index (χ1n) is 10.4. The van der Waals surface area contributed by atoms with Crippen molar-refractivity contribution in [2.45, 2.75) is 59.7 Å². The number of rotatable bonds is 9. The first-order chi connectivity index (χ1) is 14.6. The quantitative estimate of drug-likeness (QED) is 0.540. The Morgan fingerprint density at radius 1 is 1.16 bits per heavy atom. The molecule has 0 aromatic heterocycles. The van der Waals surface area contributed by atoms with Gasteiger partial charge in [-0.05, 0) is 63.4 Å². The van der Waals surface area contributed by atoms with Gasteiger partial charge in [-0.25, -0.2) is 4.39 Å². The van der Waals surface area contributed by atoms with Crippen molar-refractivity contribution in [3.63, 3.8) is 0 Å². The minimum absolute atomic E-state index is 0.0228. The van der Waals surface area contributed by atoms with Gasteiger partial charge in [0.1, 0.15) is 17.6 Å². The lowest BCUT2D eigenvalue weighted by Crippen LogP contribution is -2.50. The zero-order valence-electron chi connectivity index (χ0n) is 18.7. The van der Waals surface area contributed by atoms with Gasteiger partial charge in [0.15, 0.2) is 6.61 Å². The van der Waals surface area contributed by atoms with Crippen LogP contribution in [0.1, 0.15) is 43.9 Å². The number of carbonyl (C=O) groups is 2. The summed E-state index contributed by atoms with van der Waals surface area (Å²) in [6.45, 7) is 9.11. The standard InChI is InChI=1S/C24H30BrFN2O3/c1-6-17(4)27-24(30)18(5)28(13-19-9-7-8-10-21(19)26)22(29)14-31-20-11-15(2)23(25)16(3)12-20/h7-12,17-18H,6,13-14H2,1-5H3,(H,27,30).